The average molecular weight is 268 g/mol. The van der Waals surface area contributed by atoms with Crippen LogP contribution < -0.4 is 0 Å². The molecule has 0 fully saturated rings. The van der Waals surface area contributed by atoms with Crippen LogP contribution in [-0.4, -0.2) is 17.0 Å². The summed E-state index contributed by atoms with van der Waals surface area (Å²) in [5.41, 5.74) is 2.43. The number of carbonyl (C=O) groups excluding carboxylic acids is 1. The molecule has 0 saturated heterocycles. The Labute approximate surface area is 120 Å². The van der Waals surface area contributed by atoms with Gasteiger partial charge in [-0.15, -0.1) is 0 Å². The second-order valence-corrected chi connectivity index (χ2v) is 5.08. The maximum Gasteiger partial charge on any atom is 0.193 e. The SMILES string of the molecule is CCC(O)C(C)c1ccc(C(=O)c2ccccc2)cc1. The molecule has 0 radical (unpaired) electrons. The van der Waals surface area contributed by atoms with E-state index < -0.39 is 0 Å². The zero-order valence-electron chi connectivity index (χ0n) is 11.9. The van der Waals surface area contributed by atoms with E-state index in [2.05, 4.69) is 0 Å². The van der Waals surface area contributed by atoms with E-state index in [1.165, 1.54) is 0 Å². The van der Waals surface area contributed by atoms with Crippen molar-refractivity contribution >= 4 is 5.78 Å². The van der Waals surface area contributed by atoms with Crippen molar-refractivity contribution in [2.45, 2.75) is 32.3 Å². The monoisotopic (exact) mass is 268 g/mol. The lowest BCUT2D eigenvalue weighted by Gasteiger charge is -2.17. The Bertz CT molecular complexity index is 558. The predicted molar refractivity (Wildman–Crippen MR) is 81.0 cm³/mol. The molecule has 0 aromatic heterocycles. The van der Waals surface area contributed by atoms with Crippen LogP contribution in [0.25, 0.3) is 0 Å². The Hall–Kier alpha value is -1.93. The third kappa shape index (κ3) is 3.14. The number of aliphatic hydroxyl groups excluding tert-OH is 1. The third-order valence-electron chi connectivity index (χ3n) is 3.73. The van der Waals surface area contributed by atoms with Gasteiger partial charge in [-0.2, -0.15) is 0 Å². The third-order valence-corrected chi connectivity index (χ3v) is 3.73. The van der Waals surface area contributed by atoms with Gasteiger partial charge >= 0.3 is 0 Å². The molecule has 0 aliphatic heterocycles. The number of hydrogen-bond donors (Lipinski definition) is 1. The number of aliphatic hydroxyl groups is 1. The van der Waals surface area contributed by atoms with Gasteiger partial charge in [0.2, 0.25) is 0 Å². The molecule has 0 bridgehead atoms. The number of ketones is 1. The number of benzene rings is 2. The predicted octanol–water partition coefficient (Wildman–Crippen LogP) is 3.79. The summed E-state index contributed by atoms with van der Waals surface area (Å²) in [5, 5.41) is 9.87. The van der Waals surface area contributed by atoms with Crippen LogP contribution in [-0.2, 0) is 0 Å². The highest BCUT2D eigenvalue weighted by molar-refractivity contribution is 6.08. The normalized spacial score (nSPS) is 13.8. The second kappa shape index (κ2) is 6.49. The molecule has 0 spiro atoms. The first kappa shape index (κ1) is 14.5. The summed E-state index contributed by atoms with van der Waals surface area (Å²) < 4.78 is 0. The summed E-state index contributed by atoms with van der Waals surface area (Å²) in [6.07, 6.45) is 0.386. The van der Waals surface area contributed by atoms with E-state index in [-0.39, 0.29) is 17.8 Å². The van der Waals surface area contributed by atoms with Gasteiger partial charge in [0.05, 0.1) is 6.10 Å². The van der Waals surface area contributed by atoms with Crippen molar-refractivity contribution < 1.29 is 9.90 Å². The van der Waals surface area contributed by atoms with Crippen LogP contribution in [0, 0.1) is 0 Å². The lowest BCUT2D eigenvalue weighted by atomic mass is 9.92. The van der Waals surface area contributed by atoms with E-state index in [1.54, 1.807) is 0 Å². The fraction of sp³-hybridized carbons (Fsp3) is 0.278. The van der Waals surface area contributed by atoms with Gasteiger partial charge in [0.1, 0.15) is 0 Å². The molecule has 0 heterocycles. The standard InChI is InChI=1S/C18H20O2/c1-3-17(19)13(2)14-9-11-16(12-10-14)18(20)15-7-5-4-6-8-15/h4-13,17,19H,3H2,1-2H3. The van der Waals surface area contributed by atoms with Crippen LogP contribution in [0.3, 0.4) is 0 Å². The molecule has 2 unspecified atom stereocenters. The van der Waals surface area contributed by atoms with Gasteiger partial charge < -0.3 is 5.11 Å². The van der Waals surface area contributed by atoms with Gasteiger partial charge in [-0.05, 0) is 12.0 Å². The Morgan fingerprint density at radius 2 is 1.55 bits per heavy atom. The zero-order chi connectivity index (χ0) is 14.5. The number of hydrogen-bond acceptors (Lipinski definition) is 2. The molecule has 1 N–H and O–H groups in total. The van der Waals surface area contributed by atoms with Gasteiger partial charge in [-0.25, -0.2) is 0 Å². The molecule has 0 aliphatic carbocycles. The highest BCUT2D eigenvalue weighted by Crippen LogP contribution is 2.22. The zero-order valence-corrected chi connectivity index (χ0v) is 11.9. The molecular weight excluding hydrogens is 248 g/mol. The van der Waals surface area contributed by atoms with E-state index >= 15 is 0 Å². The summed E-state index contributed by atoms with van der Waals surface area (Å²) in [5.74, 6) is 0.113. The maximum atomic E-state index is 12.3. The van der Waals surface area contributed by atoms with Gasteiger partial charge in [-0.3, -0.25) is 4.79 Å². The molecule has 2 aromatic rings. The molecule has 0 aliphatic rings. The van der Waals surface area contributed by atoms with Crippen molar-refractivity contribution in [3.63, 3.8) is 0 Å². The molecule has 20 heavy (non-hydrogen) atoms. The Morgan fingerprint density at radius 3 is 2.10 bits per heavy atom. The lowest BCUT2D eigenvalue weighted by Crippen LogP contribution is -2.14. The van der Waals surface area contributed by atoms with Crippen LogP contribution in [0.4, 0.5) is 0 Å². The number of rotatable bonds is 5. The summed E-state index contributed by atoms with van der Waals surface area (Å²) in [4.78, 5) is 12.3. The van der Waals surface area contributed by atoms with Crippen LogP contribution in [0.1, 0.15) is 47.7 Å². The first-order chi connectivity index (χ1) is 9.63. The molecule has 2 nitrogen and oxygen atoms in total. The van der Waals surface area contributed by atoms with Crippen LogP contribution >= 0.6 is 0 Å². The molecule has 2 rings (SSSR count). The van der Waals surface area contributed by atoms with E-state index in [1.807, 2.05) is 68.4 Å². The first-order valence-electron chi connectivity index (χ1n) is 7.01. The average Bonchev–Trinajstić information content (AvgIpc) is 2.53. The fourth-order valence-corrected chi connectivity index (χ4v) is 2.27. The Kier molecular flexibility index (Phi) is 4.70. The largest absolute Gasteiger partial charge is 0.393 e. The molecular formula is C18H20O2. The van der Waals surface area contributed by atoms with Crippen molar-refractivity contribution in [3.05, 3.63) is 71.3 Å². The molecule has 2 atom stereocenters. The Morgan fingerprint density at radius 1 is 1.00 bits per heavy atom. The highest BCUT2D eigenvalue weighted by Gasteiger charge is 2.15. The van der Waals surface area contributed by atoms with Crippen molar-refractivity contribution in [2.75, 3.05) is 0 Å². The number of carbonyl (C=O) groups is 1. The van der Waals surface area contributed by atoms with Gasteiger partial charge in [0.15, 0.2) is 5.78 Å². The van der Waals surface area contributed by atoms with Crippen LogP contribution in [0.2, 0.25) is 0 Å². The van der Waals surface area contributed by atoms with Crippen molar-refractivity contribution in [1.29, 1.82) is 0 Å². The molecule has 0 amide bonds. The summed E-state index contributed by atoms with van der Waals surface area (Å²) in [7, 11) is 0. The van der Waals surface area contributed by atoms with Gasteiger partial charge in [0.25, 0.3) is 0 Å². The first-order valence-corrected chi connectivity index (χ1v) is 7.01. The quantitative estimate of drug-likeness (QED) is 0.838. The van der Waals surface area contributed by atoms with Gasteiger partial charge in [0, 0.05) is 17.0 Å². The van der Waals surface area contributed by atoms with E-state index in [4.69, 9.17) is 0 Å². The van der Waals surface area contributed by atoms with Crippen molar-refractivity contribution in [2.24, 2.45) is 0 Å². The molecule has 2 aromatic carbocycles. The molecule has 2 heteroatoms. The van der Waals surface area contributed by atoms with Gasteiger partial charge in [-0.1, -0.05) is 68.4 Å². The minimum atomic E-state index is -0.342. The minimum absolute atomic E-state index is 0.0286. The van der Waals surface area contributed by atoms with E-state index in [0.29, 0.717) is 11.1 Å². The summed E-state index contributed by atoms with van der Waals surface area (Å²) >= 11 is 0. The van der Waals surface area contributed by atoms with Crippen LogP contribution in [0.5, 0.6) is 0 Å². The molecule has 104 valence electrons. The molecule has 0 saturated carbocycles. The maximum absolute atomic E-state index is 12.3. The van der Waals surface area contributed by atoms with Crippen molar-refractivity contribution in [1.82, 2.24) is 0 Å². The second-order valence-electron chi connectivity index (χ2n) is 5.08. The smallest absolute Gasteiger partial charge is 0.193 e. The van der Waals surface area contributed by atoms with Crippen molar-refractivity contribution in [3.8, 4) is 0 Å². The lowest BCUT2D eigenvalue weighted by molar-refractivity contribution is 0.103. The minimum Gasteiger partial charge on any atom is -0.393 e. The summed E-state index contributed by atoms with van der Waals surface area (Å²) in [6.45, 7) is 3.97. The van der Waals surface area contributed by atoms with Crippen LogP contribution in [0.15, 0.2) is 54.6 Å². The topological polar surface area (TPSA) is 37.3 Å². The van der Waals surface area contributed by atoms with E-state index in [0.717, 1.165) is 12.0 Å². The van der Waals surface area contributed by atoms with E-state index in [9.17, 15) is 9.90 Å². The highest BCUT2D eigenvalue weighted by atomic mass is 16.3. The summed E-state index contributed by atoms with van der Waals surface area (Å²) in [6, 6.07) is 16.8. The Balaban J connectivity index is 2.18. The fourth-order valence-electron chi connectivity index (χ4n) is 2.27.